The van der Waals surface area contributed by atoms with Crippen molar-refractivity contribution < 1.29 is 9.15 Å². The van der Waals surface area contributed by atoms with Gasteiger partial charge in [-0.2, -0.15) is 0 Å². The van der Waals surface area contributed by atoms with Gasteiger partial charge in [-0.05, 0) is 42.5 Å². The van der Waals surface area contributed by atoms with Gasteiger partial charge in [-0.1, -0.05) is 45.4 Å². The van der Waals surface area contributed by atoms with Gasteiger partial charge in [0.1, 0.15) is 17.4 Å². The Hall–Kier alpha value is -1.87. The molecule has 9 heteroatoms. The Bertz CT molecular complexity index is 1070. The SMILES string of the molecule is Clc1ccc(OCc2nc(CSc3nnc(-c4cccc(Br)c4)o3)cs2)cc1. The van der Waals surface area contributed by atoms with Crippen LogP contribution in [0.25, 0.3) is 11.5 Å². The Labute approximate surface area is 183 Å². The molecule has 0 unspecified atom stereocenters. The first-order chi connectivity index (χ1) is 13.7. The zero-order valence-corrected chi connectivity index (χ0v) is 18.3. The lowest BCUT2D eigenvalue weighted by molar-refractivity contribution is 0.305. The van der Waals surface area contributed by atoms with Crippen molar-refractivity contribution in [1.82, 2.24) is 15.2 Å². The van der Waals surface area contributed by atoms with Crippen LogP contribution in [0.1, 0.15) is 10.7 Å². The van der Waals surface area contributed by atoms with E-state index in [-0.39, 0.29) is 0 Å². The lowest BCUT2D eigenvalue weighted by Gasteiger charge is -2.03. The van der Waals surface area contributed by atoms with Crippen molar-refractivity contribution in [3.05, 3.63) is 74.1 Å². The standard InChI is InChI=1S/C19H13BrClN3O2S2/c20-13-3-1-2-12(8-13)18-23-24-19(26-18)28-11-15-10-27-17(22-15)9-25-16-6-4-14(21)5-7-16/h1-8,10H,9,11H2. The van der Waals surface area contributed by atoms with E-state index in [0.717, 1.165) is 26.5 Å². The third kappa shape index (κ3) is 5.14. The maximum atomic E-state index is 5.87. The number of halogens is 2. The minimum atomic E-state index is 0.421. The van der Waals surface area contributed by atoms with Crippen molar-refractivity contribution in [3.63, 3.8) is 0 Å². The highest BCUT2D eigenvalue weighted by molar-refractivity contribution is 9.10. The topological polar surface area (TPSA) is 61.0 Å². The molecular formula is C19H13BrClN3O2S2. The third-order valence-corrected chi connectivity index (χ3v) is 6.07. The first-order valence-corrected chi connectivity index (χ1v) is 11.2. The van der Waals surface area contributed by atoms with Gasteiger partial charge in [0, 0.05) is 26.2 Å². The minimum Gasteiger partial charge on any atom is -0.486 e. The molecule has 0 N–H and O–H groups in total. The highest BCUT2D eigenvalue weighted by atomic mass is 79.9. The van der Waals surface area contributed by atoms with Crippen molar-refractivity contribution >= 4 is 50.6 Å². The van der Waals surface area contributed by atoms with Gasteiger partial charge in [0.25, 0.3) is 5.22 Å². The highest BCUT2D eigenvalue weighted by Gasteiger charge is 2.11. The summed E-state index contributed by atoms with van der Waals surface area (Å²) in [5.74, 6) is 1.91. The smallest absolute Gasteiger partial charge is 0.277 e. The molecule has 0 aliphatic carbocycles. The van der Waals surface area contributed by atoms with E-state index in [1.165, 1.54) is 11.8 Å². The molecule has 0 bridgehead atoms. The molecule has 5 nitrogen and oxygen atoms in total. The van der Waals surface area contributed by atoms with Gasteiger partial charge in [-0.15, -0.1) is 21.5 Å². The van der Waals surface area contributed by atoms with Gasteiger partial charge in [-0.3, -0.25) is 0 Å². The van der Waals surface area contributed by atoms with Crippen LogP contribution in [-0.4, -0.2) is 15.2 Å². The summed E-state index contributed by atoms with van der Waals surface area (Å²) in [7, 11) is 0. The summed E-state index contributed by atoms with van der Waals surface area (Å²) in [6.45, 7) is 0.421. The Kier molecular flexibility index (Phi) is 6.31. The zero-order chi connectivity index (χ0) is 19.3. The second-order valence-electron chi connectivity index (χ2n) is 5.65. The molecule has 0 aliphatic rings. The van der Waals surface area contributed by atoms with Gasteiger partial charge in [-0.25, -0.2) is 4.98 Å². The van der Waals surface area contributed by atoms with Gasteiger partial charge in [0.05, 0.1) is 5.69 Å². The van der Waals surface area contributed by atoms with E-state index in [2.05, 4.69) is 31.1 Å². The predicted molar refractivity (Wildman–Crippen MR) is 115 cm³/mol. The number of benzene rings is 2. The Morgan fingerprint density at radius 3 is 2.82 bits per heavy atom. The quantitative estimate of drug-likeness (QED) is 0.274. The Morgan fingerprint density at radius 1 is 1.14 bits per heavy atom. The largest absolute Gasteiger partial charge is 0.486 e. The van der Waals surface area contributed by atoms with Crippen molar-refractivity contribution in [2.24, 2.45) is 0 Å². The van der Waals surface area contributed by atoms with Crippen molar-refractivity contribution in [3.8, 4) is 17.2 Å². The van der Waals surface area contributed by atoms with Crippen LogP contribution < -0.4 is 4.74 Å². The zero-order valence-electron chi connectivity index (χ0n) is 14.3. The minimum absolute atomic E-state index is 0.421. The number of thiazole rings is 1. The molecule has 0 fully saturated rings. The number of hydrogen-bond acceptors (Lipinski definition) is 7. The number of rotatable bonds is 7. The Balaban J connectivity index is 1.31. The fourth-order valence-electron chi connectivity index (χ4n) is 2.30. The summed E-state index contributed by atoms with van der Waals surface area (Å²) in [4.78, 5) is 4.59. The van der Waals surface area contributed by atoms with Crippen LogP contribution in [0.3, 0.4) is 0 Å². The monoisotopic (exact) mass is 493 g/mol. The number of hydrogen-bond donors (Lipinski definition) is 0. The second kappa shape index (κ2) is 9.09. The van der Waals surface area contributed by atoms with Gasteiger partial charge >= 0.3 is 0 Å². The lowest BCUT2D eigenvalue weighted by atomic mass is 10.2. The summed E-state index contributed by atoms with van der Waals surface area (Å²) in [5.41, 5.74) is 1.83. The molecular weight excluding hydrogens is 482 g/mol. The van der Waals surface area contributed by atoms with Crippen molar-refractivity contribution in [2.75, 3.05) is 0 Å². The van der Waals surface area contributed by atoms with Crippen LogP contribution in [0, 0.1) is 0 Å². The van der Waals surface area contributed by atoms with E-state index in [0.29, 0.717) is 28.5 Å². The molecule has 0 atom stereocenters. The lowest BCUT2D eigenvalue weighted by Crippen LogP contribution is -1.95. The molecule has 0 saturated carbocycles. The molecule has 0 amide bonds. The predicted octanol–water partition coefficient (Wildman–Crippen LogP) is 6.48. The fourth-order valence-corrected chi connectivity index (χ4v) is 4.29. The number of nitrogens with zero attached hydrogens (tertiary/aromatic N) is 3. The van der Waals surface area contributed by atoms with Crippen molar-refractivity contribution in [1.29, 1.82) is 0 Å². The number of aromatic nitrogens is 3. The third-order valence-electron chi connectivity index (χ3n) is 3.60. The van der Waals surface area contributed by atoms with Crippen LogP contribution in [0.4, 0.5) is 0 Å². The second-order valence-corrected chi connectivity index (χ2v) is 8.87. The molecule has 2 aromatic heterocycles. The van der Waals surface area contributed by atoms with Crippen LogP contribution in [0.15, 0.2) is 68.0 Å². The normalized spacial score (nSPS) is 10.9. The van der Waals surface area contributed by atoms with E-state index in [1.54, 1.807) is 23.5 Å². The fraction of sp³-hybridized carbons (Fsp3) is 0.105. The van der Waals surface area contributed by atoms with E-state index in [4.69, 9.17) is 20.8 Å². The van der Waals surface area contributed by atoms with Gasteiger partial charge < -0.3 is 9.15 Å². The van der Waals surface area contributed by atoms with E-state index in [1.807, 2.05) is 41.8 Å². The van der Waals surface area contributed by atoms with Gasteiger partial charge in [0.2, 0.25) is 5.89 Å². The summed E-state index contributed by atoms with van der Waals surface area (Å²) < 4.78 is 12.4. The average Bonchev–Trinajstić information content (AvgIpc) is 3.35. The average molecular weight is 495 g/mol. The summed E-state index contributed by atoms with van der Waals surface area (Å²) >= 11 is 12.3. The first kappa shape index (κ1) is 19.4. The Morgan fingerprint density at radius 2 is 2.00 bits per heavy atom. The summed E-state index contributed by atoms with van der Waals surface area (Å²) in [5, 5.41) is 12.3. The molecule has 142 valence electrons. The molecule has 0 saturated heterocycles. The summed E-state index contributed by atoms with van der Waals surface area (Å²) in [6, 6.07) is 15.0. The summed E-state index contributed by atoms with van der Waals surface area (Å²) in [6.07, 6.45) is 0. The van der Waals surface area contributed by atoms with Crippen molar-refractivity contribution in [2.45, 2.75) is 17.6 Å². The number of ether oxygens (including phenoxy) is 1. The maximum absolute atomic E-state index is 5.87. The molecule has 4 rings (SSSR count). The molecule has 0 radical (unpaired) electrons. The molecule has 4 aromatic rings. The maximum Gasteiger partial charge on any atom is 0.277 e. The van der Waals surface area contributed by atoms with Gasteiger partial charge in [0.15, 0.2) is 0 Å². The molecule has 28 heavy (non-hydrogen) atoms. The first-order valence-electron chi connectivity index (χ1n) is 8.19. The van der Waals surface area contributed by atoms with E-state index >= 15 is 0 Å². The van der Waals surface area contributed by atoms with E-state index < -0.39 is 0 Å². The van der Waals surface area contributed by atoms with Crippen LogP contribution >= 0.6 is 50.6 Å². The van der Waals surface area contributed by atoms with Crippen LogP contribution in [0.2, 0.25) is 5.02 Å². The molecule has 2 aromatic carbocycles. The molecule has 2 heterocycles. The molecule has 0 aliphatic heterocycles. The van der Waals surface area contributed by atoms with Crippen LogP contribution in [0.5, 0.6) is 5.75 Å². The molecule has 0 spiro atoms. The highest BCUT2D eigenvalue weighted by Crippen LogP contribution is 2.27. The van der Waals surface area contributed by atoms with Crippen LogP contribution in [-0.2, 0) is 12.4 Å². The number of thioether (sulfide) groups is 1. The van der Waals surface area contributed by atoms with E-state index in [9.17, 15) is 0 Å².